The van der Waals surface area contributed by atoms with Crippen molar-refractivity contribution in [1.82, 2.24) is 9.97 Å². The van der Waals surface area contributed by atoms with Gasteiger partial charge in [-0.1, -0.05) is 10.1 Å². The zero-order valence-electron chi connectivity index (χ0n) is 26.9. The zero-order chi connectivity index (χ0) is 39.8. The van der Waals surface area contributed by atoms with E-state index >= 15 is 0 Å². The van der Waals surface area contributed by atoms with Crippen molar-refractivity contribution in [2.45, 2.75) is 14.7 Å². The second kappa shape index (κ2) is 18.1. The Balaban J connectivity index is 1.49. The molecule has 0 aliphatic carbocycles. The van der Waals surface area contributed by atoms with Crippen LogP contribution >= 0.6 is 24.4 Å². The maximum absolute atomic E-state index is 13.6. The van der Waals surface area contributed by atoms with Gasteiger partial charge in [0.1, 0.15) is 27.8 Å². The van der Waals surface area contributed by atoms with E-state index in [1.807, 2.05) is 0 Å². The van der Waals surface area contributed by atoms with Crippen LogP contribution in [0.4, 0.5) is 48.7 Å². The van der Waals surface area contributed by atoms with E-state index in [1.54, 1.807) is 0 Å². The van der Waals surface area contributed by atoms with Crippen molar-refractivity contribution in [2.24, 2.45) is 20.5 Å². The number of sulfone groups is 1. The molecule has 55 heavy (non-hydrogen) atoms. The Hall–Kier alpha value is -5.04. The van der Waals surface area contributed by atoms with E-state index in [2.05, 4.69) is 54.5 Å². The summed E-state index contributed by atoms with van der Waals surface area (Å²) in [5.74, 6) is -2.50. The van der Waals surface area contributed by atoms with Gasteiger partial charge in [-0.3, -0.25) is 8.74 Å². The van der Waals surface area contributed by atoms with Crippen LogP contribution in [0.2, 0.25) is 0 Å². The van der Waals surface area contributed by atoms with Crippen molar-refractivity contribution in [3.63, 3.8) is 0 Å². The Morgan fingerprint density at radius 2 is 1.56 bits per heavy atom. The number of hydrogen-bond donors (Lipinski definition) is 6. The second-order valence-electron chi connectivity index (χ2n) is 10.3. The number of rotatable bonds is 17. The Morgan fingerprint density at radius 1 is 0.836 bits per heavy atom. The van der Waals surface area contributed by atoms with Crippen LogP contribution in [-0.2, 0) is 42.9 Å². The van der Waals surface area contributed by atoms with E-state index < -0.39 is 54.1 Å². The molecule has 5 aromatic rings. The van der Waals surface area contributed by atoms with Gasteiger partial charge in [-0.15, -0.1) is 24.0 Å². The number of azo groups is 2. The van der Waals surface area contributed by atoms with Crippen LogP contribution in [0.5, 0.6) is 5.75 Å². The highest BCUT2D eigenvalue weighted by atomic mass is 32.2. The van der Waals surface area contributed by atoms with Gasteiger partial charge in [0.2, 0.25) is 5.95 Å². The summed E-state index contributed by atoms with van der Waals surface area (Å²) in [6.07, 6.45) is -1.38. The summed E-state index contributed by atoms with van der Waals surface area (Å²) < 4.78 is 99.8. The number of anilines is 3. The molecule has 21 nitrogen and oxygen atoms in total. The average Bonchev–Trinajstić information content (AvgIpc) is 3.12. The molecule has 27 heteroatoms. The molecule has 290 valence electrons. The Kier molecular flexibility index (Phi) is 13.5. The highest BCUT2D eigenvalue weighted by molar-refractivity contribution is 7.94. The van der Waals surface area contributed by atoms with Crippen LogP contribution in [0.15, 0.2) is 102 Å². The number of nitrogen functional groups attached to an aromatic ring is 1. The van der Waals surface area contributed by atoms with Gasteiger partial charge in [0.25, 0.3) is 10.1 Å². The minimum Gasteiger partial charge on any atom is -0.505 e. The third kappa shape index (κ3) is 10.6. The number of hydrogen-bond acceptors (Lipinski definition) is 22. The fourth-order valence-corrected chi connectivity index (χ4v) is 7.00. The molecule has 0 unspecified atom stereocenters. The molecule has 0 aliphatic rings. The molecule has 0 saturated heterocycles. The number of aromatic hydroxyl groups is 1. The number of nitrogens with two attached hydrogens (primary N) is 1. The standard InChI is InChI=1S/C28H22F2N8O13S4/c29-23-13-24(34-28(30)33-23)32-15-3-8-22(55(44,45)46)20(11-15)36-37-25-18-12-21(52-50-48-40)26(27(39)17(18)6-7-19(25)31)38-35-14-1-4-16(5-2-14)54(42,43)10-9-47-53-51-49-41/h1-8,11-13,39-41H,9-10,31H2,(H,32,33,34)(H,44,45,46). The summed E-state index contributed by atoms with van der Waals surface area (Å²) in [6, 6.07) is 13.1. The lowest BCUT2D eigenvalue weighted by molar-refractivity contribution is -0.434. The summed E-state index contributed by atoms with van der Waals surface area (Å²) in [5, 5.41) is 54.0. The molecule has 0 saturated carbocycles. The van der Waals surface area contributed by atoms with Gasteiger partial charge in [-0.2, -0.15) is 32.3 Å². The maximum atomic E-state index is 13.6. The van der Waals surface area contributed by atoms with Gasteiger partial charge in [-0.05, 0) is 60.7 Å². The zero-order valence-corrected chi connectivity index (χ0v) is 30.1. The number of fused-ring (bicyclic) bond motifs is 1. The smallest absolute Gasteiger partial charge is 0.313 e. The number of nitrogens with zero attached hydrogens (tertiary/aromatic N) is 6. The lowest BCUT2D eigenvalue weighted by Crippen LogP contribution is -2.10. The monoisotopic (exact) mass is 844 g/mol. The van der Waals surface area contributed by atoms with Crippen LogP contribution in [0.3, 0.4) is 0 Å². The fraction of sp³-hybridized carbons (Fsp3) is 0.0714. The summed E-state index contributed by atoms with van der Waals surface area (Å²) in [5.41, 5.74) is 5.46. The molecule has 0 aliphatic heterocycles. The van der Waals surface area contributed by atoms with Crippen molar-refractivity contribution >= 4 is 95.0 Å². The Bertz CT molecular complexity index is 2460. The van der Waals surface area contributed by atoms with Gasteiger partial charge >= 0.3 is 6.08 Å². The number of halogens is 2. The van der Waals surface area contributed by atoms with Crippen molar-refractivity contribution in [3.8, 4) is 5.75 Å². The molecule has 0 bridgehead atoms. The van der Waals surface area contributed by atoms with Crippen LogP contribution in [-0.4, -0.2) is 59.3 Å². The predicted molar refractivity (Wildman–Crippen MR) is 187 cm³/mol. The van der Waals surface area contributed by atoms with E-state index in [9.17, 15) is 35.3 Å². The highest BCUT2D eigenvalue weighted by Crippen LogP contribution is 2.48. The number of nitrogens with one attached hydrogen (secondary N) is 1. The summed E-state index contributed by atoms with van der Waals surface area (Å²) >= 11 is 0.587. The summed E-state index contributed by atoms with van der Waals surface area (Å²) in [4.78, 5) is 5.43. The first-order valence-corrected chi connectivity index (χ1v) is 18.9. The van der Waals surface area contributed by atoms with Gasteiger partial charge in [0.05, 0.1) is 45.6 Å². The molecule has 0 spiro atoms. The van der Waals surface area contributed by atoms with E-state index in [0.29, 0.717) is 12.0 Å². The molecule has 5 rings (SSSR count). The quantitative estimate of drug-likeness (QED) is 0.00619. The molecular weight excluding hydrogens is 823 g/mol. The SMILES string of the molecule is Nc1ccc2c(O)c(N=Nc3ccc(S(=O)(=O)CCOSOOO)cc3)c(SOOO)cc2c1N=Nc1cc(Nc2cc(F)nc(F)n2)ccc1S(=O)(=O)O. The van der Waals surface area contributed by atoms with Gasteiger partial charge in [0, 0.05) is 22.5 Å². The largest absolute Gasteiger partial charge is 0.505 e. The van der Waals surface area contributed by atoms with Crippen molar-refractivity contribution in [2.75, 3.05) is 23.4 Å². The highest BCUT2D eigenvalue weighted by Gasteiger charge is 2.21. The molecule has 0 amide bonds. The number of benzene rings is 4. The van der Waals surface area contributed by atoms with E-state index in [4.69, 9.17) is 20.4 Å². The van der Waals surface area contributed by atoms with E-state index in [-0.39, 0.29) is 73.7 Å². The Morgan fingerprint density at radius 3 is 2.25 bits per heavy atom. The van der Waals surface area contributed by atoms with E-state index in [1.165, 1.54) is 42.5 Å². The number of phenols is 1. The second-order valence-corrected chi connectivity index (χ2v) is 15.0. The molecule has 0 fully saturated rings. The first-order valence-electron chi connectivity index (χ1n) is 14.4. The lowest BCUT2D eigenvalue weighted by atomic mass is 10.1. The maximum Gasteiger partial charge on any atom is 0.313 e. The minimum atomic E-state index is -4.90. The third-order valence-corrected chi connectivity index (χ3v) is 10.4. The molecule has 0 radical (unpaired) electrons. The molecule has 1 aromatic heterocycles. The van der Waals surface area contributed by atoms with Crippen LogP contribution in [0.1, 0.15) is 0 Å². The lowest BCUT2D eigenvalue weighted by Gasteiger charge is -2.12. The van der Waals surface area contributed by atoms with Crippen molar-refractivity contribution < 1.29 is 68.7 Å². The summed E-state index contributed by atoms with van der Waals surface area (Å²) in [7, 11) is -8.70. The van der Waals surface area contributed by atoms with Crippen molar-refractivity contribution in [3.05, 3.63) is 78.8 Å². The van der Waals surface area contributed by atoms with E-state index in [0.717, 1.165) is 24.3 Å². The third-order valence-electron chi connectivity index (χ3n) is 6.83. The average molecular weight is 845 g/mol. The van der Waals surface area contributed by atoms with Gasteiger partial charge in [-0.25, -0.2) is 18.9 Å². The molecule has 7 N–H and O–H groups in total. The van der Waals surface area contributed by atoms with Gasteiger partial charge < -0.3 is 16.2 Å². The minimum absolute atomic E-state index is 0.0130. The normalized spacial score (nSPS) is 12.3. The van der Waals surface area contributed by atoms with Gasteiger partial charge in [0.15, 0.2) is 27.9 Å². The number of phenolic OH excluding ortho intramolecular Hbond substituents is 1. The first kappa shape index (κ1) is 41.1. The molecule has 0 atom stereocenters. The molecule has 4 aromatic carbocycles. The van der Waals surface area contributed by atoms with Crippen LogP contribution in [0, 0.1) is 12.0 Å². The van der Waals surface area contributed by atoms with Crippen LogP contribution < -0.4 is 11.1 Å². The predicted octanol–water partition coefficient (Wildman–Crippen LogP) is 7.22. The van der Waals surface area contributed by atoms with Crippen molar-refractivity contribution in [1.29, 1.82) is 0 Å². The molecule has 1 heterocycles. The first-order chi connectivity index (χ1) is 26.2. The fourth-order valence-electron chi connectivity index (χ4n) is 4.50. The summed E-state index contributed by atoms with van der Waals surface area (Å²) in [6.45, 7) is -0.304. The van der Waals surface area contributed by atoms with Crippen LogP contribution in [0.25, 0.3) is 10.8 Å². The number of aromatic nitrogens is 2. The Labute approximate surface area is 315 Å². The topological polar surface area (TPSA) is 309 Å². The molecular formula is C28H22F2N8O13S4.